The normalized spacial score (nSPS) is 11.4. The number of likely N-dealkylation sites (N-methyl/N-ethyl adjacent to an activating group) is 1. The molecule has 1 N–H and O–H groups in total. The van der Waals surface area contributed by atoms with Gasteiger partial charge in [-0.25, -0.2) is 0 Å². The molecule has 0 aliphatic heterocycles. The van der Waals surface area contributed by atoms with E-state index in [1.54, 1.807) is 0 Å². The summed E-state index contributed by atoms with van der Waals surface area (Å²) in [6.45, 7) is 6.26. The van der Waals surface area contributed by atoms with Crippen LogP contribution in [-0.2, 0) is 11.3 Å². The van der Waals surface area contributed by atoms with Crippen LogP contribution < -0.4 is 5.32 Å². The van der Waals surface area contributed by atoms with E-state index in [0.717, 1.165) is 44.1 Å². The Morgan fingerprint density at radius 3 is 2.81 bits per heavy atom. The first-order valence-corrected chi connectivity index (χ1v) is 7.44. The molecular formula is C17H25N3O. The van der Waals surface area contributed by atoms with Crippen molar-refractivity contribution >= 4 is 10.9 Å². The molecule has 0 atom stereocenters. The van der Waals surface area contributed by atoms with E-state index in [-0.39, 0.29) is 0 Å². The number of pyridine rings is 1. The van der Waals surface area contributed by atoms with E-state index in [0.29, 0.717) is 0 Å². The molecule has 0 amide bonds. The third-order valence-electron chi connectivity index (χ3n) is 3.33. The Hall–Kier alpha value is -1.49. The number of rotatable bonds is 8. The van der Waals surface area contributed by atoms with Gasteiger partial charge in [-0.15, -0.1) is 0 Å². The van der Waals surface area contributed by atoms with Crippen molar-refractivity contribution in [3.63, 3.8) is 0 Å². The number of ether oxygens (including phenoxy) is 1. The van der Waals surface area contributed by atoms with Crippen molar-refractivity contribution in [2.45, 2.75) is 13.5 Å². The van der Waals surface area contributed by atoms with Crippen LogP contribution in [-0.4, -0.2) is 50.3 Å². The minimum Gasteiger partial charge on any atom is -0.379 e. The van der Waals surface area contributed by atoms with Crippen LogP contribution in [0.15, 0.2) is 30.3 Å². The lowest BCUT2D eigenvalue weighted by molar-refractivity contribution is 0.119. The molecule has 0 bridgehead atoms. The van der Waals surface area contributed by atoms with Crippen LogP contribution in [0.25, 0.3) is 10.9 Å². The molecule has 0 aliphatic rings. The topological polar surface area (TPSA) is 37.4 Å². The summed E-state index contributed by atoms with van der Waals surface area (Å²) >= 11 is 0. The predicted octanol–water partition coefficient (Wildman–Crippen LogP) is 2.21. The number of fused-ring (bicyclic) bond motifs is 1. The highest BCUT2D eigenvalue weighted by molar-refractivity contribution is 5.79. The molecule has 0 fully saturated rings. The molecule has 1 aromatic heterocycles. The zero-order chi connectivity index (χ0) is 15.1. The van der Waals surface area contributed by atoms with Gasteiger partial charge in [0, 0.05) is 30.7 Å². The molecule has 0 radical (unpaired) electrons. The summed E-state index contributed by atoms with van der Waals surface area (Å²) in [5, 5.41) is 4.60. The van der Waals surface area contributed by atoms with Crippen LogP contribution in [0.2, 0.25) is 0 Å². The fourth-order valence-electron chi connectivity index (χ4n) is 2.11. The van der Waals surface area contributed by atoms with Crippen molar-refractivity contribution in [2.24, 2.45) is 0 Å². The van der Waals surface area contributed by atoms with E-state index >= 15 is 0 Å². The van der Waals surface area contributed by atoms with Gasteiger partial charge in [0.1, 0.15) is 0 Å². The zero-order valence-electron chi connectivity index (χ0n) is 13.2. The lowest BCUT2D eigenvalue weighted by Gasteiger charge is -2.10. The molecule has 1 heterocycles. The van der Waals surface area contributed by atoms with Gasteiger partial charge < -0.3 is 15.0 Å². The molecule has 21 heavy (non-hydrogen) atoms. The average Bonchev–Trinajstić information content (AvgIpc) is 2.46. The number of hydrogen-bond acceptors (Lipinski definition) is 4. The van der Waals surface area contributed by atoms with E-state index in [9.17, 15) is 0 Å². The first kappa shape index (κ1) is 15.9. The summed E-state index contributed by atoms with van der Waals surface area (Å²) in [4.78, 5) is 6.64. The molecule has 1 aromatic carbocycles. The van der Waals surface area contributed by atoms with Crippen LogP contribution in [0.4, 0.5) is 0 Å². The fraction of sp³-hybridized carbons (Fsp3) is 0.471. The maximum Gasteiger partial charge on any atom is 0.0705 e. The van der Waals surface area contributed by atoms with Crippen molar-refractivity contribution in [2.75, 3.05) is 40.4 Å². The Morgan fingerprint density at radius 2 is 2.00 bits per heavy atom. The number of aromatic nitrogens is 1. The van der Waals surface area contributed by atoms with E-state index in [1.807, 2.05) is 6.92 Å². The first-order chi connectivity index (χ1) is 10.1. The van der Waals surface area contributed by atoms with Crippen molar-refractivity contribution in [3.8, 4) is 0 Å². The molecule has 2 aromatic rings. The van der Waals surface area contributed by atoms with E-state index in [2.05, 4.69) is 59.6 Å². The summed E-state index contributed by atoms with van der Waals surface area (Å²) in [7, 11) is 4.11. The maximum absolute atomic E-state index is 5.55. The van der Waals surface area contributed by atoms with Crippen LogP contribution in [0.1, 0.15) is 11.3 Å². The van der Waals surface area contributed by atoms with Crippen molar-refractivity contribution in [1.29, 1.82) is 0 Å². The fourth-order valence-corrected chi connectivity index (χ4v) is 2.11. The second kappa shape index (κ2) is 8.08. The highest BCUT2D eigenvalue weighted by Crippen LogP contribution is 2.14. The molecule has 114 valence electrons. The minimum atomic E-state index is 0.752. The van der Waals surface area contributed by atoms with Gasteiger partial charge in [0.25, 0.3) is 0 Å². The standard InChI is InChI=1S/C17H25N3O/c1-14-4-6-16-12-15(5-7-17(16)19-14)13-18-8-10-21-11-9-20(2)3/h4-7,12,18H,8-11,13H2,1-3H3. The van der Waals surface area contributed by atoms with E-state index in [4.69, 9.17) is 4.74 Å². The van der Waals surface area contributed by atoms with Gasteiger partial charge in [0.05, 0.1) is 18.7 Å². The maximum atomic E-state index is 5.55. The van der Waals surface area contributed by atoms with E-state index < -0.39 is 0 Å². The van der Waals surface area contributed by atoms with Crippen LogP contribution >= 0.6 is 0 Å². The van der Waals surface area contributed by atoms with Crippen molar-refractivity contribution in [1.82, 2.24) is 15.2 Å². The second-order valence-electron chi connectivity index (χ2n) is 5.57. The number of benzene rings is 1. The van der Waals surface area contributed by atoms with Gasteiger partial charge in [0.15, 0.2) is 0 Å². The lowest BCUT2D eigenvalue weighted by Crippen LogP contribution is -2.23. The Balaban J connectivity index is 1.72. The molecule has 0 spiro atoms. The monoisotopic (exact) mass is 287 g/mol. The Morgan fingerprint density at radius 1 is 1.14 bits per heavy atom. The highest BCUT2D eigenvalue weighted by Gasteiger charge is 1.98. The van der Waals surface area contributed by atoms with E-state index in [1.165, 1.54) is 10.9 Å². The number of hydrogen-bond donors (Lipinski definition) is 1. The van der Waals surface area contributed by atoms with Crippen LogP contribution in [0, 0.1) is 6.92 Å². The molecule has 0 aliphatic carbocycles. The molecule has 2 rings (SSSR count). The third-order valence-corrected chi connectivity index (χ3v) is 3.33. The number of nitrogens with one attached hydrogen (secondary N) is 1. The van der Waals surface area contributed by atoms with Gasteiger partial charge >= 0.3 is 0 Å². The quantitative estimate of drug-likeness (QED) is 0.755. The summed E-state index contributed by atoms with van der Waals surface area (Å²) in [5.41, 5.74) is 3.40. The third kappa shape index (κ3) is 5.42. The van der Waals surface area contributed by atoms with Gasteiger partial charge in [-0.2, -0.15) is 0 Å². The molecule has 0 saturated heterocycles. The largest absolute Gasteiger partial charge is 0.379 e. The first-order valence-electron chi connectivity index (χ1n) is 7.44. The summed E-state index contributed by atoms with van der Waals surface area (Å²) in [6, 6.07) is 10.6. The van der Waals surface area contributed by atoms with Crippen molar-refractivity contribution < 1.29 is 4.74 Å². The van der Waals surface area contributed by atoms with Gasteiger partial charge in [-0.05, 0) is 44.8 Å². The molecule has 4 nitrogen and oxygen atoms in total. The smallest absolute Gasteiger partial charge is 0.0705 e. The van der Waals surface area contributed by atoms with Gasteiger partial charge in [0.2, 0.25) is 0 Å². The molecule has 0 unspecified atom stereocenters. The molecule has 0 saturated carbocycles. The van der Waals surface area contributed by atoms with Crippen molar-refractivity contribution in [3.05, 3.63) is 41.6 Å². The summed E-state index contributed by atoms with van der Waals surface area (Å²) < 4.78 is 5.55. The number of aryl methyl sites for hydroxylation is 1. The van der Waals surface area contributed by atoms with Crippen LogP contribution in [0.3, 0.4) is 0 Å². The summed E-state index contributed by atoms with van der Waals surface area (Å²) in [5.74, 6) is 0. The zero-order valence-corrected chi connectivity index (χ0v) is 13.2. The highest BCUT2D eigenvalue weighted by atomic mass is 16.5. The lowest BCUT2D eigenvalue weighted by atomic mass is 10.1. The van der Waals surface area contributed by atoms with Gasteiger partial charge in [-0.3, -0.25) is 4.98 Å². The Labute approximate surface area is 127 Å². The molecule has 4 heteroatoms. The second-order valence-corrected chi connectivity index (χ2v) is 5.57. The predicted molar refractivity (Wildman–Crippen MR) is 87.6 cm³/mol. The Bertz CT molecular complexity index is 569. The SMILES string of the molecule is Cc1ccc2cc(CNCCOCCN(C)C)ccc2n1. The van der Waals surface area contributed by atoms with Crippen LogP contribution in [0.5, 0.6) is 0 Å². The minimum absolute atomic E-state index is 0.752. The summed E-state index contributed by atoms with van der Waals surface area (Å²) in [6.07, 6.45) is 0. The number of nitrogens with zero attached hydrogens (tertiary/aromatic N) is 2. The average molecular weight is 287 g/mol. The van der Waals surface area contributed by atoms with Gasteiger partial charge in [-0.1, -0.05) is 12.1 Å². The Kier molecular flexibility index (Phi) is 6.11. The molecular weight excluding hydrogens is 262 g/mol.